The SMILES string of the molecule is N#Cc1ccc(NC(C(=O)O)c2ccccc2)cc1Br. The smallest absolute Gasteiger partial charge is 0.330 e. The van der Waals surface area contributed by atoms with Crippen molar-refractivity contribution in [3.8, 4) is 6.07 Å². The van der Waals surface area contributed by atoms with Gasteiger partial charge in [-0.15, -0.1) is 0 Å². The maximum Gasteiger partial charge on any atom is 0.330 e. The molecule has 0 saturated carbocycles. The number of hydrogen-bond acceptors (Lipinski definition) is 3. The van der Waals surface area contributed by atoms with E-state index in [4.69, 9.17) is 5.26 Å². The molecular formula is C15H11BrN2O2. The molecule has 1 unspecified atom stereocenters. The molecule has 0 heterocycles. The highest BCUT2D eigenvalue weighted by Crippen LogP contribution is 2.25. The van der Waals surface area contributed by atoms with Crippen LogP contribution in [0.3, 0.4) is 0 Å². The molecule has 2 rings (SSSR count). The Morgan fingerprint density at radius 2 is 1.95 bits per heavy atom. The molecule has 0 aliphatic heterocycles. The number of halogens is 1. The van der Waals surface area contributed by atoms with E-state index in [1.54, 1.807) is 42.5 Å². The van der Waals surface area contributed by atoms with Gasteiger partial charge in [0.1, 0.15) is 6.07 Å². The Labute approximate surface area is 124 Å². The molecule has 2 aromatic carbocycles. The van der Waals surface area contributed by atoms with Crippen LogP contribution in [0.2, 0.25) is 0 Å². The molecule has 0 spiro atoms. The molecule has 100 valence electrons. The van der Waals surface area contributed by atoms with Gasteiger partial charge < -0.3 is 10.4 Å². The Morgan fingerprint density at radius 3 is 2.50 bits per heavy atom. The van der Waals surface area contributed by atoms with Crippen LogP contribution in [0.15, 0.2) is 53.0 Å². The third-order valence-corrected chi connectivity index (χ3v) is 3.44. The van der Waals surface area contributed by atoms with Crippen LogP contribution < -0.4 is 5.32 Å². The van der Waals surface area contributed by atoms with Crippen LogP contribution in [0.5, 0.6) is 0 Å². The van der Waals surface area contributed by atoms with Crippen LogP contribution in [0, 0.1) is 11.3 Å². The van der Waals surface area contributed by atoms with Crippen LogP contribution in [0.1, 0.15) is 17.2 Å². The predicted molar refractivity (Wildman–Crippen MR) is 79.3 cm³/mol. The molecule has 1 atom stereocenters. The number of hydrogen-bond donors (Lipinski definition) is 2. The van der Waals surface area contributed by atoms with Gasteiger partial charge in [0.05, 0.1) is 5.56 Å². The molecule has 4 nitrogen and oxygen atoms in total. The average molecular weight is 331 g/mol. The molecule has 5 heteroatoms. The highest BCUT2D eigenvalue weighted by Gasteiger charge is 2.19. The average Bonchev–Trinajstić information content (AvgIpc) is 2.45. The molecule has 2 aromatic rings. The van der Waals surface area contributed by atoms with E-state index in [9.17, 15) is 9.90 Å². The summed E-state index contributed by atoms with van der Waals surface area (Å²) in [6, 6.07) is 15.1. The van der Waals surface area contributed by atoms with Gasteiger partial charge in [-0.25, -0.2) is 4.79 Å². The molecule has 0 aliphatic rings. The number of anilines is 1. The second-order valence-corrected chi connectivity index (χ2v) is 4.99. The van der Waals surface area contributed by atoms with Crippen LogP contribution in [0.25, 0.3) is 0 Å². The van der Waals surface area contributed by atoms with Crippen molar-refractivity contribution in [3.63, 3.8) is 0 Å². The number of nitrogens with zero attached hydrogens (tertiary/aromatic N) is 1. The molecule has 0 aliphatic carbocycles. The van der Waals surface area contributed by atoms with E-state index in [1.807, 2.05) is 12.1 Å². The standard InChI is InChI=1S/C15H11BrN2O2/c16-13-8-12(7-6-11(13)9-17)18-14(15(19)20)10-4-2-1-3-5-10/h1-8,14,18H,(H,19,20). The minimum Gasteiger partial charge on any atom is -0.479 e. The minimum absolute atomic E-state index is 0.502. The van der Waals surface area contributed by atoms with Crippen molar-refractivity contribution in [2.24, 2.45) is 0 Å². The van der Waals surface area contributed by atoms with Crippen molar-refractivity contribution >= 4 is 27.6 Å². The topological polar surface area (TPSA) is 73.1 Å². The Morgan fingerprint density at radius 1 is 1.25 bits per heavy atom. The summed E-state index contributed by atoms with van der Waals surface area (Å²) in [5.74, 6) is -0.961. The minimum atomic E-state index is -0.961. The van der Waals surface area contributed by atoms with Gasteiger partial charge in [-0.3, -0.25) is 0 Å². The van der Waals surface area contributed by atoms with Crippen molar-refractivity contribution < 1.29 is 9.90 Å². The molecule has 20 heavy (non-hydrogen) atoms. The van der Waals surface area contributed by atoms with Crippen molar-refractivity contribution in [2.75, 3.05) is 5.32 Å². The zero-order chi connectivity index (χ0) is 14.5. The number of carboxylic acid groups (broad SMARTS) is 1. The summed E-state index contributed by atoms with van der Waals surface area (Å²) in [6.07, 6.45) is 0. The molecule has 0 radical (unpaired) electrons. The fourth-order valence-electron chi connectivity index (χ4n) is 1.80. The lowest BCUT2D eigenvalue weighted by Gasteiger charge is -2.16. The summed E-state index contributed by atoms with van der Waals surface area (Å²) >= 11 is 3.28. The first-order chi connectivity index (χ1) is 9.61. The summed E-state index contributed by atoms with van der Waals surface area (Å²) in [5.41, 5.74) is 1.80. The fourth-order valence-corrected chi connectivity index (χ4v) is 2.26. The number of nitrogens with one attached hydrogen (secondary N) is 1. The van der Waals surface area contributed by atoms with Crippen molar-refractivity contribution in [3.05, 3.63) is 64.1 Å². The highest BCUT2D eigenvalue weighted by molar-refractivity contribution is 9.10. The lowest BCUT2D eigenvalue weighted by molar-refractivity contribution is -0.138. The molecule has 0 fully saturated rings. The van der Waals surface area contributed by atoms with Gasteiger partial charge >= 0.3 is 5.97 Å². The zero-order valence-corrected chi connectivity index (χ0v) is 12.0. The van der Waals surface area contributed by atoms with E-state index in [0.717, 1.165) is 0 Å². The van der Waals surface area contributed by atoms with E-state index in [-0.39, 0.29) is 0 Å². The van der Waals surface area contributed by atoms with E-state index < -0.39 is 12.0 Å². The van der Waals surface area contributed by atoms with Gasteiger partial charge in [0, 0.05) is 10.2 Å². The first-order valence-electron chi connectivity index (χ1n) is 5.86. The first-order valence-corrected chi connectivity index (χ1v) is 6.65. The largest absolute Gasteiger partial charge is 0.479 e. The second-order valence-electron chi connectivity index (χ2n) is 4.13. The number of aliphatic carboxylic acids is 1. The summed E-state index contributed by atoms with van der Waals surface area (Å²) < 4.78 is 0.627. The molecule has 0 bridgehead atoms. The first kappa shape index (κ1) is 14.1. The van der Waals surface area contributed by atoms with Gasteiger partial charge in [0.15, 0.2) is 6.04 Å². The van der Waals surface area contributed by atoms with Crippen LogP contribution >= 0.6 is 15.9 Å². The van der Waals surface area contributed by atoms with Crippen molar-refractivity contribution in [2.45, 2.75) is 6.04 Å². The summed E-state index contributed by atoms with van der Waals surface area (Å²) in [7, 11) is 0. The molecule has 2 N–H and O–H groups in total. The van der Waals surface area contributed by atoms with Crippen molar-refractivity contribution in [1.82, 2.24) is 0 Å². The third-order valence-electron chi connectivity index (χ3n) is 2.78. The third kappa shape index (κ3) is 3.16. The Hall–Kier alpha value is -2.32. The summed E-state index contributed by atoms with van der Waals surface area (Å²) in [4.78, 5) is 11.4. The zero-order valence-electron chi connectivity index (χ0n) is 10.4. The normalized spacial score (nSPS) is 11.4. The van der Waals surface area contributed by atoms with Crippen molar-refractivity contribution in [1.29, 1.82) is 5.26 Å². The lowest BCUT2D eigenvalue weighted by Crippen LogP contribution is -2.20. The van der Waals surface area contributed by atoms with Gasteiger partial charge in [-0.2, -0.15) is 5.26 Å². The quantitative estimate of drug-likeness (QED) is 0.898. The number of rotatable bonds is 4. The molecule has 0 amide bonds. The highest BCUT2D eigenvalue weighted by atomic mass is 79.9. The fraction of sp³-hybridized carbons (Fsp3) is 0.0667. The van der Waals surface area contributed by atoms with Crippen LogP contribution in [0.4, 0.5) is 5.69 Å². The summed E-state index contributed by atoms with van der Waals surface area (Å²) in [5, 5.41) is 21.1. The van der Waals surface area contributed by atoms with Gasteiger partial charge in [-0.05, 0) is 39.7 Å². The summed E-state index contributed by atoms with van der Waals surface area (Å²) in [6.45, 7) is 0. The number of carboxylic acids is 1. The molecule has 0 aromatic heterocycles. The van der Waals surface area contributed by atoms with E-state index >= 15 is 0 Å². The number of benzene rings is 2. The van der Waals surface area contributed by atoms with Gasteiger partial charge in [-0.1, -0.05) is 30.3 Å². The Balaban J connectivity index is 2.28. The monoisotopic (exact) mass is 330 g/mol. The molecule has 0 saturated heterocycles. The Kier molecular flexibility index (Phi) is 4.38. The lowest BCUT2D eigenvalue weighted by atomic mass is 10.1. The number of nitriles is 1. The van der Waals surface area contributed by atoms with Crippen LogP contribution in [-0.4, -0.2) is 11.1 Å². The second kappa shape index (κ2) is 6.22. The van der Waals surface area contributed by atoms with Gasteiger partial charge in [0.2, 0.25) is 0 Å². The Bertz CT molecular complexity index is 665. The van der Waals surface area contributed by atoms with Gasteiger partial charge in [0.25, 0.3) is 0 Å². The molecular weight excluding hydrogens is 320 g/mol. The van der Waals surface area contributed by atoms with E-state index in [0.29, 0.717) is 21.3 Å². The maximum atomic E-state index is 11.4. The van der Waals surface area contributed by atoms with E-state index in [1.165, 1.54) is 0 Å². The predicted octanol–water partition coefficient (Wildman–Crippen LogP) is 3.56. The maximum absolute atomic E-state index is 11.4. The number of carbonyl (C=O) groups is 1. The van der Waals surface area contributed by atoms with Crippen LogP contribution in [-0.2, 0) is 4.79 Å². The van der Waals surface area contributed by atoms with E-state index in [2.05, 4.69) is 21.2 Å².